The molecule has 0 heterocycles. The van der Waals surface area contributed by atoms with Crippen molar-refractivity contribution >= 4 is 11.9 Å². The first-order valence-electron chi connectivity index (χ1n) is 7.71. The van der Waals surface area contributed by atoms with E-state index >= 15 is 0 Å². The van der Waals surface area contributed by atoms with Gasteiger partial charge in [-0.15, -0.1) is 0 Å². The van der Waals surface area contributed by atoms with Crippen LogP contribution in [0.4, 0.5) is 0 Å². The van der Waals surface area contributed by atoms with E-state index < -0.39 is 5.60 Å². The van der Waals surface area contributed by atoms with Crippen molar-refractivity contribution in [2.75, 3.05) is 0 Å². The maximum atomic E-state index is 12.0. The SMILES string of the molecule is C=C(C)C(=O)OC1(C)CC(C)(C)c2cc(COC(C)=O)ccc21. The first-order chi connectivity index (χ1) is 10.5. The van der Waals surface area contributed by atoms with Crippen molar-refractivity contribution in [2.24, 2.45) is 0 Å². The van der Waals surface area contributed by atoms with Gasteiger partial charge in [-0.1, -0.05) is 38.6 Å². The quantitative estimate of drug-likeness (QED) is 0.627. The normalized spacial score (nSPS) is 21.4. The molecule has 1 unspecified atom stereocenters. The third kappa shape index (κ3) is 3.46. The second-order valence-corrected chi connectivity index (χ2v) is 7.12. The summed E-state index contributed by atoms with van der Waals surface area (Å²) >= 11 is 0. The Morgan fingerprint density at radius 2 is 1.83 bits per heavy atom. The van der Waals surface area contributed by atoms with Crippen molar-refractivity contribution in [3.05, 3.63) is 47.0 Å². The Balaban J connectivity index is 2.36. The highest BCUT2D eigenvalue weighted by Gasteiger charge is 2.47. The van der Waals surface area contributed by atoms with Crippen LogP contribution in [0.1, 0.15) is 57.7 Å². The summed E-state index contributed by atoms with van der Waals surface area (Å²) in [7, 11) is 0. The van der Waals surface area contributed by atoms with Crippen LogP contribution < -0.4 is 0 Å². The van der Waals surface area contributed by atoms with Gasteiger partial charge in [0.05, 0.1) is 0 Å². The molecule has 1 aliphatic carbocycles. The largest absolute Gasteiger partial charge is 0.461 e. The predicted octanol–water partition coefficient (Wildman–Crippen LogP) is 3.77. The molecule has 2 rings (SSSR count). The summed E-state index contributed by atoms with van der Waals surface area (Å²) < 4.78 is 10.8. The average Bonchev–Trinajstić information content (AvgIpc) is 2.63. The molecule has 0 bridgehead atoms. The molecule has 0 saturated heterocycles. The van der Waals surface area contributed by atoms with Crippen molar-refractivity contribution in [3.8, 4) is 0 Å². The van der Waals surface area contributed by atoms with Crippen LogP contribution in [0.15, 0.2) is 30.4 Å². The molecule has 23 heavy (non-hydrogen) atoms. The van der Waals surface area contributed by atoms with E-state index in [1.807, 2.05) is 25.1 Å². The Kier molecular flexibility index (Phi) is 4.38. The molecule has 0 radical (unpaired) electrons. The van der Waals surface area contributed by atoms with E-state index in [4.69, 9.17) is 9.47 Å². The number of fused-ring (bicyclic) bond motifs is 1. The highest BCUT2D eigenvalue weighted by atomic mass is 16.6. The van der Waals surface area contributed by atoms with Gasteiger partial charge in [-0.3, -0.25) is 4.79 Å². The van der Waals surface area contributed by atoms with Gasteiger partial charge in [-0.2, -0.15) is 0 Å². The van der Waals surface area contributed by atoms with E-state index in [1.165, 1.54) is 6.92 Å². The third-order valence-electron chi connectivity index (χ3n) is 4.27. The topological polar surface area (TPSA) is 52.6 Å². The zero-order valence-electron chi connectivity index (χ0n) is 14.5. The van der Waals surface area contributed by atoms with E-state index in [-0.39, 0.29) is 24.0 Å². The maximum absolute atomic E-state index is 12.0. The van der Waals surface area contributed by atoms with E-state index in [2.05, 4.69) is 20.4 Å². The molecule has 4 nitrogen and oxygen atoms in total. The lowest BCUT2D eigenvalue weighted by molar-refractivity contribution is -0.154. The summed E-state index contributed by atoms with van der Waals surface area (Å²) in [5, 5.41) is 0. The first-order valence-corrected chi connectivity index (χ1v) is 7.71. The Morgan fingerprint density at radius 1 is 1.17 bits per heavy atom. The second kappa shape index (κ2) is 5.84. The predicted molar refractivity (Wildman–Crippen MR) is 87.8 cm³/mol. The van der Waals surface area contributed by atoms with Gasteiger partial charge in [0.1, 0.15) is 12.2 Å². The molecule has 4 heteroatoms. The molecular weight excluding hydrogens is 292 g/mol. The molecule has 0 fully saturated rings. The van der Waals surface area contributed by atoms with Gasteiger partial charge in [0, 0.05) is 18.9 Å². The summed E-state index contributed by atoms with van der Waals surface area (Å²) in [4.78, 5) is 23.0. The Hall–Kier alpha value is -2.10. The fourth-order valence-electron chi connectivity index (χ4n) is 3.30. The number of ether oxygens (including phenoxy) is 2. The van der Waals surface area contributed by atoms with Crippen LogP contribution in [0.2, 0.25) is 0 Å². The summed E-state index contributed by atoms with van der Waals surface area (Å²) in [5.41, 5.74) is 2.65. The summed E-state index contributed by atoms with van der Waals surface area (Å²) in [5.74, 6) is -0.676. The second-order valence-electron chi connectivity index (χ2n) is 7.12. The minimum Gasteiger partial charge on any atom is -0.461 e. The van der Waals surface area contributed by atoms with Crippen LogP contribution in [-0.4, -0.2) is 11.9 Å². The lowest BCUT2D eigenvalue weighted by Crippen LogP contribution is -2.28. The summed E-state index contributed by atoms with van der Waals surface area (Å²) in [6.07, 6.45) is 0.700. The molecular formula is C19H24O4. The molecule has 0 saturated carbocycles. The molecule has 1 atom stereocenters. The average molecular weight is 316 g/mol. The zero-order chi connectivity index (χ0) is 17.4. The maximum Gasteiger partial charge on any atom is 0.333 e. The Bertz CT molecular complexity index is 672. The van der Waals surface area contributed by atoms with Gasteiger partial charge in [-0.25, -0.2) is 4.79 Å². The van der Waals surface area contributed by atoms with Crippen LogP contribution in [0.3, 0.4) is 0 Å². The van der Waals surface area contributed by atoms with E-state index in [0.717, 1.165) is 16.7 Å². The van der Waals surface area contributed by atoms with Gasteiger partial charge in [0.15, 0.2) is 0 Å². The number of hydrogen-bond donors (Lipinski definition) is 0. The number of benzene rings is 1. The summed E-state index contributed by atoms with van der Waals surface area (Å²) in [6, 6.07) is 5.92. The first kappa shape index (κ1) is 17.3. The lowest BCUT2D eigenvalue weighted by atomic mass is 9.85. The lowest BCUT2D eigenvalue weighted by Gasteiger charge is -2.27. The van der Waals surface area contributed by atoms with E-state index in [9.17, 15) is 9.59 Å². The minimum absolute atomic E-state index is 0.133. The number of hydrogen-bond acceptors (Lipinski definition) is 4. The van der Waals surface area contributed by atoms with Gasteiger partial charge >= 0.3 is 11.9 Å². The van der Waals surface area contributed by atoms with Gasteiger partial charge in [0.25, 0.3) is 0 Å². The van der Waals surface area contributed by atoms with E-state index in [1.54, 1.807) is 6.92 Å². The van der Waals surface area contributed by atoms with Crippen LogP contribution in [0.25, 0.3) is 0 Å². The highest BCUT2D eigenvalue weighted by molar-refractivity contribution is 5.87. The standard InChI is InChI=1S/C19H24O4/c1-12(2)17(21)23-19(6)11-18(4,5)16-9-14(7-8-15(16)19)10-22-13(3)20/h7-9H,1,10-11H2,2-6H3. The summed E-state index contributed by atoms with van der Waals surface area (Å²) in [6.45, 7) is 13.1. The Labute approximate surface area is 137 Å². The molecule has 0 amide bonds. The number of esters is 2. The van der Waals surface area contributed by atoms with Gasteiger partial charge < -0.3 is 9.47 Å². The fourth-order valence-corrected chi connectivity index (χ4v) is 3.30. The molecule has 1 aliphatic rings. The van der Waals surface area contributed by atoms with Crippen LogP contribution in [0, 0.1) is 0 Å². The molecule has 1 aromatic carbocycles. The number of rotatable bonds is 4. The third-order valence-corrected chi connectivity index (χ3v) is 4.27. The van der Waals surface area contributed by atoms with Gasteiger partial charge in [0.2, 0.25) is 0 Å². The molecule has 0 N–H and O–H groups in total. The number of carbonyl (C=O) groups is 2. The van der Waals surface area contributed by atoms with Gasteiger partial charge in [-0.05, 0) is 36.0 Å². The molecule has 124 valence electrons. The Morgan fingerprint density at radius 3 is 2.39 bits per heavy atom. The van der Waals surface area contributed by atoms with Crippen molar-refractivity contribution in [1.82, 2.24) is 0 Å². The van der Waals surface area contributed by atoms with Crippen LogP contribution in [-0.2, 0) is 36.7 Å². The zero-order valence-corrected chi connectivity index (χ0v) is 14.5. The molecule has 0 aromatic heterocycles. The van der Waals surface area contributed by atoms with Crippen molar-refractivity contribution in [3.63, 3.8) is 0 Å². The van der Waals surface area contributed by atoms with Crippen molar-refractivity contribution < 1.29 is 19.1 Å². The highest BCUT2D eigenvalue weighted by Crippen LogP contribution is 2.50. The minimum atomic E-state index is -0.672. The monoisotopic (exact) mass is 316 g/mol. The van der Waals surface area contributed by atoms with Crippen LogP contribution in [0.5, 0.6) is 0 Å². The fraction of sp³-hybridized carbons (Fsp3) is 0.474. The van der Waals surface area contributed by atoms with Crippen molar-refractivity contribution in [2.45, 2.75) is 58.7 Å². The van der Waals surface area contributed by atoms with Crippen molar-refractivity contribution in [1.29, 1.82) is 0 Å². The molecule has 1 aromatic rings. The molecule has 0 aliphatic heterocycles. The van der Waals surface area contributed by atoms with E-state index in [0.29, 0.717) is 12.0 Å². The smallest absolute Gasteiger partial charge is 0.333 e. The van der Waals surface area contributed by atoms with Crippen LogP contribution >= 0.6 is 0 Å². The number of carbonyl (C=O) groups excluding carboxylic acids is 2. The molecule has 0 spiro atoms.